The van der Waals surface area contributed by atoms with E-state index in [1.165, 1.54) is 11.8 Å². The van der Waals surface area contributed by atoms with E-state index < -0.39 is 11.2 Å². The van der Waals surface area contributed by atoms with E-state index in [9.17, 15) is 9.59 Å². The van der Waals surface area contributed by atoms with Gasteiger partial charge in [-0.1, -0.05) is 35.5 Å². The van der Waals surface area contributed by atoms with Gasteiger partial charge in [0.2, 0.25) is 5.91 Å². The van der Waals surface area contributed by atoms with Gasteiger partial charge in [0, 0.05) is 5.69 Å². The summed E-state index contributed by atoms with van der Waals surface area (Å²) < 4.78 is 5.24. The number of hydrogen-bond donors (Lipinski definition) is 1. The normalized spacial score (nSPS) is 19.2. The van der Waals surface area contributed by atoms with E-state index in [2.05, 4.69) is 0 Å². The van der Waals surface area contributed by atoms with Gasteiger partial charge in [0.1, 0.15) is 11.0 Å². The summed E-state index contributed by atoms with van der Waals surface area (Å²) in [5.74, 6) is -0.494. The van der Waals surface area contributed by atoms with Gasteiger partial charge in [-0.2, -0.15) is 0 Å². The van der Waals surface area contributed by atoms with Crippen molar-refractivity contribution in [2.45, 2.75) is 18.6 Å². The lowest BCUT2D eigenvalue weighted by atomic mass is 10.2. The number of rotatable bonds is 5. The molecule has 0 aliphatic carbocycles. The van der Waals surface area contributed by atoms with Crippen LogP contribution in [0.1, 0.15) is 17.7 Å². The molecule has 1 atom stereocenters. The monoisotopic (exact) mass is 355 g/mol. The third-order valence-corrected chi connectivity index (χ3v) is 4.89. The van der Waals surface area contributed by atoms with Crippen molar-refractivity contribution >= 4 is 35.4 Å². The molecule has 0 bridgehead atoms. The molecule has 5 nitrogen and oxygen atoms in total. The number of aryl methyl sites for hydroxylation is 1. The minimum atomic E-state index is -0.984. The molecule has 2 heterocycles. The molecule has 1 N–H and O–H groups in total. The lowest BCUT2D eigenvalue weighted by Gasteiger charge is -2.17. The predicted octanol–water partition coefficient (Wildman–Crippen LogP) is 4.07. The molecule has 1 aromatic heterocycles. The van der Waals surface area contributed by atoms with Crippen LogP contribution < -0.4 is 4.90 Å². The van der Waals surface area contributed by atoms with E-state index in [0.29, 0.717) is 10.8 Å². The van der Waals surface area contributed by atoms with Gasteiger partial charge in [-0.05, 0) is 43.3 Å². The number of aliphatic carboxylic acids is 1. The van der Waals surface area contributed by atoms with Crippen LogP contribution >= 0.6 is 11.8 Å². The fraction of sp³-hybridized carbons (Fsp3) is 0.158. The van der Waals surface area contributed by atoms with E-state index >= 15 is 0 Å². The van der Waals surface area contributed by atoms with E-state index in [0.717, 1.165) is 11.3 Å². The standard InChI is InChI=1S/C19H17NO4S/c1-13-7-9-14(10-8-13)20-17(6-2-4-15-5-3-11-24-15)25-16(19(20)23)12-18(21)22/h2-11,16H,12H2,1H3,(H,21,22)/b4-2-,17-6+. The number of benzene rings is 1. The van der Waals surface area contributed by atoms with Crippen molar-refractivity contribution in [2.24, 2.45) is 0 Å². The van der Waals surface area contributed by atoms with Gasteiger partial charge in [0.15, 0.2) is 0 Å². The quantitative estimate of drug-likeness (QED) is 0.875. The van der Waals surface area contributed by atoms with Crippen molar-refractivity contribution in [1.29, 1.82) is 0 Å². The Morgan fingerprint density at radius 3 is 2.72 bits per heavy atom. The number of thioether (sulfide) groups is 1. The first kappa shape index (κ1) is 17.1. The SMILES string of the molecule is Cc1ccc(N2C(=O)C(CC(=O)O)S/C2=C/C=C\c2ccco2)cc1. The molecule has 2 aromatic rings. The van der Waals surface area contributed by atoms with Crippen molar-refractivity contribution in [3.8, 4) is 0 Å². The highest BCUT2D eigenvalue weighted by Gasteiger charge is 2.38. The molecule has 1 amide bonds. The molecule has 0 radical (unpaired) electrons. The lowest BCUT2D eigenvalue weighted by Crippen LogP contribution is -2.29. The fourth-order valence-electron chi connectivity index (χ4n) is 2.46. The van der Waals surface area contributed by atoms with Crippen molar-refractivity contribution in [2.75, 3.05) is 4.90 Å². The van der Waals surface area contributed by atoms with Gasteiger partial charge in [0.25, 0.3) is 0 Å². The van der Waals surface area contributed by atoms with Crippen molar-refractivity contribution in [3.05, 3.63) is 71.2 Å². The maximum atomic E-state index is 12.7. The van der Waals surface area contributed by atoms with Crippen LogP contribution in [0.15, 0.2) is 64.3 Å². The summed E-state index contributed by atoms with van der Waals surface area (Å²) in [5.41, 5.74) is 1.82. The predicted molar refractivity (Wildman–Crippen MR) is 98.1 cm³/mol. The Kier molecular flexibility index (Phi) is 5.09. The Labute approximate surface area is 149 Å². The molecule has 1 saturated heterocycles. The zero-order valence-corrected chi connectivity index (χ0v) is 14.4. The summed E-state index contributed by atoms with van der Waals surface area (Å²) in [6.07, 6.45) is 6.76. The lowest BCUT2D eigenvalue weighted by molar-refractivity contribution is -0.138. The molecule has 0 spiro atoms. The van der Waals surface area contributed by atoms with Gasteiger partial charge in [-0.25, -0.2) is 0 Å². The van der Waals surface area contributed by atoms with E-state index in [1.54, 1.807) is 35.5 Å². The number of carbonyl (C=O) groups excluding carboxylic acids is 1. The number of amides is 1. The Bertz CT molecular complexity index is 822. The Hall–Kier alpha value is -2.73. The van der Waals surface area contributed by atoms with E-state index in [4.69, 9.17) is 9.52 Å². The van der Waals surface area contributed by atoms with Crippen LogP contribution in [0.5, 0.6) is 0 Å². The summed E-state index contributed by atoms with van der Waals surface area (Å²) in [6, 6.07) is 11.2. The highest BCUT2D eigenvalue weighted by Crippen LogP contribution is 2.40. The van der Waals surface area contributed by atoms with Crippen LogP contribution in [0.25, 0.3) is 6.08 Å². The molecule has 128 valence electrons. The van der Waals surface area contributed by atoms with Gasteiger partial charge in [-0.3, -0.25) is 14.5 Å². The molecule has 0 saturated carbocycles. The molecular formula is C19H17NO4S. The average molecular weight is 355 g/mol. The Balaban J connectivity index is 1.90. The number of carbonyl (C=O) groups is 2. The maximum absolute atomic E-state index is 12.7. The summed E-state index contributed by atoms with van der Waals surface area (Å²) >= 11 is 1.27. The minimum Gasteiger partial charge on any atom is -0.481 e. The molecule has 1 aromatic carbocycles. The summed E-state index contributed by atoms with van der Waals surface area (Å²) in [5, 5.41) is 9.12. The first-order valence-electron chi connectivity index (χ1n) is 7.75. The number of anilines is 1. The number of allylic oxidation sites excluding steroid dienone is 2. The first-order valence-corrected chi connectivity index (χ1v) is 8.63. The van der Waals surface area contributed by atoms with Gasteiger partial charge < -0.3 is 9.52 Å². The second-order valence-electron chi connectivity index (χ2n) is 5.59. The van der Waals surface area contributed by atoms with E-state index in [1.807, 2.05) is 37.3 Å². The number of carboxylic acid groups (broad SMARTS) is 1. The van der Waals surface area contributed by atoms with Crippen molar-refractivity contribution in [3.63, 3.8) is 0 Å². The second-order valence-corrected chi connectivity index (χ2v) is 6.82. The zero-order chi connectivity index (χ0) is 17.8. The molecule has 1 unspecified atom stereocenters. The third-order valence-electron chi connectivity index (χ3n) is 3.67. The van der Waals surface area contributed by atoms with Gasteiger partial charge in [-0.15, -0.1) is 0 Å². The number of hydrogen-bond acceptors (Lipinski definition) is 4. The largest absolute Gasteiger partial charge is 0.481 e. The van der Waals surface area contributed by atoms with Crippen molar-refractivity contribution in [1.82, 2.24) is 0 Å². The number of carboxylic acids is 1. The highest BCUT2D eigenvalue weighted by molar-refractivity contribution is 8.05. The highest BCUT2D eigenvalue weighted by atomic mass is 32.2. The molecular weight excluding hydrogens is 338 g/mol. The summed E-state index contributed by atoms with van der Waals surface area (Å²) in [4.78, 5) is 25.3. The molecule has 3 rings (SSSR count). The summed E-state index contributed by atoms with van der Waals surface area (Å²) in [7, 11) is 0. The maximum Gasteiger partial charge on any atom is 0.305 e. The zero-order valence-electron chi connectivity index (χ0n) is 13.6. The molecule has 25 heavy (non-hydrogen) atoms. The smallest absolute Gasteiger partial charge is 0.305 e. The molecule has 1 aliphatic rings. The van der Waals surface area contributed by atoms with Crippen LogP contribution in [0, 0.1) is 6.92 Å². The minimum absolute atomic E-state index is 0.203. The van der Waals surface area contributed by atoms with Gasteiger partial charge >= 0.3 is 5.97 Å². The van der Waals surface area contributed by atoms with Crippen LogP contribution in [-0.4, -0.2) is 22.2 Å². The van der Waals surface area contributed by atoms with E-state index in [-0.39, 0.29) is 12.3 Å². The topological polar surface area (TPSA) is 70.8 Å². The van der Waals surface area contributed by atoms with Crippen LogP contribution in [0.2, 0.25) is 0 Å². The summed E-state index contributed by atoms with van der Waals surface area (Å²) in [6.45, 7) is 1.97. The molecule has 1 fully saturated rings. The van der Waals surface area contributed by atoms with Crippen LogP contribution in [0.3, 0.4) is 0 Å². The third kappa shape index (κ3) is 4.03. The van der Waals surface area contributed by atoms with Crippen molar-refractivity contribution < 1.29 is 19.1 Å². The Morgan fingerprint density at radius 2 is 2.08 bits per heavy atom. The first-order chi connectivity index (χ1) is 12.0. The molecule has 1 aliphatic heterocycles. The Morgan fingerprint density at radius 1 is 1.32 bits per heavy atom. The second kappa shape index (κ2) is 7.44. The molecule has 6 heteroatoms. The average Bonchev–Trinajstić information content (AvgIpc) is 3.18. The van der Waals surface area contributed by atoms with Crippen LogP contribution in [-0.2, 0) is 9.59 Å². The number of furan rings is 1. The number of nitrogens with zero attached hydrogens (tertiary/aromatic N) is 1. The van der Waals surface area contributed by atoms with Crippen LogP contribution in [0.4, 0.5) is 5.69 Å². The fourth-order valence-corrected chi connectivity index (χ4v) is 3.64. The van der Waals surface area contributed by atoms with Gasteiger partial charge in [0.05, 0.1) is 17.7 Å².